The molecule has 0 aliphatic heterocycles. The molecule has 29 heavy (non-hydrogen) atoms. The predicted molar refractivity (Wildman–Crippen MR) is 65.2 cm³/mol. The molecule has 0 aliphatic rings. The molecule has 0 radical (unpaired) electrons. The molecule has 1 rings (SSSR count). The Hall–Kier alpha value is -1.10. The normalized spacial score (nSPS) is 13.5. The van der Waals surface area contributed by atoms with Gasteiger partial charge < -0.3 is 9.29 Å². The maximum absolute atomic E-state index is 13.4. The second-order valence-corrected chi connectivity index (χ2v) is 6.22. The van der Waals surface area contributed by atoms with Crippen LogP contribution in [0.2, 0.25) is 0 Å². The van der Waals surface area contributed by atoms with Crippen LogP contribution < -0.4 is 34.3 Å². The van der Waals surface area contributed by atoms with Crippen molar-refractivity contribution in [1.29, 1.82) is 0 Å². The minimum absolute atomic E-state index is 0. The third-order valence-electron chi connectivity index (χ3n) is 2.95. The number of benzene rings is 1. The van der Waals surface area contributed by atoms with Crippen LogP contribution in [0.5, 0.6) is 5.75 Å². The van der Waals surface area contributed by atoms with Gasteiger partial charge in [-0.15, -0.1) is 0 Å². The van der Waals surface area contributed by atoms with E-state index in [9.17, 15) is 61.3 Å². The number of rotatable bonds is 7. The Balaban J connectivity index is 0.00000784. The van der Waals surface area contributed by atoms with Crippen molar-refractivity contribution < 1.29 is 95.6 Å². The summed E-state index contributed by atoms with van der Waals surface area (Å²) in [4.78, 5) is -1.09. The van der Waals surface area contributed by atoms with Crippen LogP contribution in [0.25, 0.3) is 0 Å². The summed E-state index contributed by atoms with van der Waals surface area (Å²) in [6.45, 7) is 0. The zero-order chi connectivity index (χ0) is 22.3. The van der Waals surface area contributed by atoms with Gasteiger partial charge in [0.1, 0.15) is 15.9 Å². The van der Waals surface area contributed by atoms with Gasteiger partial charge in [-0.1, -0.05) is 0 Å². The van der Waals surface area contributed by atoms with E-state index in [-0.39, 0.29) is 53.8 Å². The van der Waals surface area contributed by atoms with Crippen molar-refractivity contribution in [3.05, 3.63) is 36.2 Å². The average molecular weight is 476 g/mol. The molecule has 0 aromatic heterocycles. The SMILES string of the molecule is O=S(=O)([O-])c1ccc(OC(F)(F)C(F)(F)C(F)(F)C(F)(F)C(F)=C(F)F)cc1.[Na+]. The van der Waals surface area contributed by atoms with Crippen LogP contribution in [0.15, 0.2) is 41.1 Å². The van der Waals surface area contributed by atoms with Crippen molar-refractivity contribution in [2.24, 2.45) is 0 Å². The molecule has 1 aromatic rings. The number of hydrogen-bond acceptors (Lipinski definition) is 4. The van der Waals surface area contributed by atoms with Gasteiger partial charge in [-0.2, -0.15) is 48.3 Å². The topological polar surface area (TPSA) is 66.4 Å². The van der Waals surface area contributed by atoms with E-state index in [0.29, 0.717) is 0 Å². The number of ether oxygens (including phenoxy) is 1. The third kappa shape index (κ3) is 5.15. The van der Waals surface area contributed by atoms with Crippen LogP contribution in [0.4, 0.5) is 48.3 Å². The average Bonchev–Trinajstić information content (AvgIpc) is 2.52. The maximum atomic E-state index is 13.4. The van der Waals surface area contributed by atoms with Crippen LogP contribution in [0.3, 0.4) is 0 Å². The van der Waals surface area contributed by atoms with E-state index >= 15 is 0 Å². The Bertz CT molecular complexity index is 864. The summed E-state index contributed by atoms with van der Waals surface area (Å²) in [6.07, 6.45) is -10.7. The van der Waals surface area contributed by atoms with Crippen molar-refractivity contribution in [2.45, 2.75) is 28.8 Å². The quantitative estimate of drug-likeness (QED) is 0.341. The molecule has 0 amide bonds. The first-order valence-electron chi connectivity index (χ1n) is 6.26. The molecule has 0 aliphatic carbocycles. The monoisotopic (exact) mass is 476 g/mol. The van der Waals surface area contributed by atoms with Gasteiger partial charge in [-0.25, -0.2) is 8.42 Å². The summed E-state index contributed by atoms with van der Waals surface area (Å²) in [7, 11) is -5.13. The molecule has 0 spiro atoms. The first kappa shape index (κ1) is 27.9. The summed E-state index contributed by atoms with van der Waals surface area (Å²) < 4.78 is 177. The Morgan fingerprint density at radius 3 is 1.59 bits per heavy atom. The Morgan fingerprint density at radius 2 is 1.24 bits per heavy atom. The van der Waals surface area contributed by atoms with E-state index in [1.807, 2.05) is 0 Å². The van der Waals surface area contributed by atoms with Crippen molar-refractivity contribution in [3.8, 4) is 5.75 Å². The fraction of sp³-hybridized carbons (Fsp3) is 0.333. The fourth-order valence-corrected chi connectivity index (χ4v) is 1.99. The third-order valence-corrected chi connectivity index (χ3v) is 3.80. The van der Waals surface area contributed by atoms with Crippen LogP contribution in [-0.4, -0.2) is 36.8 Å². The zero-order valence-corrected chi connectivity index (χ0v) is 16.3. The van der Waals surface area contributed by atoms with Crippen molar-refractivity contribution in [1.82, 2.24) is 0 Å². The first-order chi connectivity index (χ1) is 12.3. The van der Waals surface area contributed by atoms with Gasteiger partial charge in [-0.05, 0) is 24.3 Å². The summed E-state index contributed by atoms with van der Waals surface area (Å²) in [6, 6.07) is 0.651. The first-order valence-corrected chi connectivity index (χ1v) is 7.67. The minimum atomic E-state index is -7.41. The standard InChI is InChI=1S/C12H5F11O4S.Na/c13-7(8(14)15)9(16,17)10(18,19)11(20,21)12(22,23)27-5-1-3-6(4-2-5)28(24,25)26;/h1-4H,(H,24,25,26);/q;+1/p-1. The number of alkyl halides is 8. The molecule has 0 heterocycles. The van der Waals surface area contributed by atoms with E-state index in [4.69, 9.17) is 0 Å². The largest absolute Gasteiger partial charge is 1.00 e. The van der Waals surface area contributed by atoms with Gasteiger partial charge in [0, 0.05) is 0 Å². The number of allylic oxidation sites excluding steroid dienone is 1. The fourth-order valence-electron chi connectivity index (χ4n) is 1.52. The second kappa shape index (κ2) is 8.56. The van der Waals surface area contributed by atoms with Gasteiger partial charge in [0.2, 0.25) is 5.83 Å². The molecule has 0 unspecified atom stereocenters. The molecule has 4 nitrogen and oxygen atoms in total. The van der Waals surface area contributed by atoms with E-state index in [2.05, 4.69) is 4.74 Å². The molecule has 160 valence electrons. The Kier molecular flexibility index (Phi) is 8.24. The van der Waals surface area contributed by atoms with Gasteiger partial charge in [0.05, 0.1) is 4.90 Å². The van der Waals surface area contributed by atoms with Gasteiger partial charge >= 0.3 is 59.5 Å². The van der Waals surface area contributed by atoms with Crippen molar-refractivity contribution in [2.75, 3.05) is 0 Å². The van der Waals surface area contributed by atoms with Gasteiger partial charge in [-0.3, -0.25) is 0 Å². The van der Waals surface area contributed by atoms with Gasteiger partial charge in [0.25, 0.3) is 0 Å². The molecule has 0 N–H and O–H groups in total. The Labute approximate surface area is 176 Å². The van der Waals surface area contributed by atoms with Crippen molar-refractivity contribution >= 4 is 10.1 Å². The molecular weight excluding hydrogens is 472 g/mol. The van der Waals surface area contributed by atoms with E-state index in [1.165, 1.54) is 0 Å². The summed E-state index contributed by atoms with van der Waals surface area (Å²) in [5.74, 6) is -27.6. The summed E-state index contributed by atoms with van der Waals surface area (Å²) in [5.41, 5.74) is 0. The van der Waals surface area contributed by atoms with Crippen molar-refractivity contribution in [3.63, 3.8) is 0 Å². The molecule has 0 saturated heterocycles. The zero-order valence-electron chi connectivity index (χ0n) is 13.5. The molecule has 0 bridgehead atoms. The van der Waals surface area contributed by atoms with E-state index in [0.717, 1.165) is 0 Å². The van der Waals surface area contributed by atoms with Gasteiger partial charge in [0.15, 0.2) is 0 Å². The smallest absolute Gasteiger partial charge is 0.744 e. The maximum Gasteiger partial charge on any atom is 1.00 e. The van der Waals surface area contributed by atoms with Crippen LogP contribution >= 0.6 is 0 Å². The minimum Gasteiger partial charge on any atom is -0.744 e. The predicted octanol–water partition coefficient (Wildman–Crippen LogP) is 1.55. The van der Waals surface area contributed by atoms with Crippen LogP contribution in [-0.2, 0) is 10.1 Å². The molecule has 17 heteroatoms. The van der Waals surface area contributed by atoms with Crippen LogP contribution in [0, 0.1) is 0 Å². The van der Waals surface area contributed by atoms with Crippen LogP contribution in [0.1, 0.15) is 0 Å². The molecule has 1 aromatic carbocycles. The van der Waals surface area contributed by atoms with E-state index < -0.39 is 56.5 Å². The number of hydrogen-bond donors (Lipinski definition) is 0. The Morgan fingerprint density at radius 1 is 0.828 bits per heavy atom. The molecule has 0 atom stereocenters. The molecular formula is C12H4F11NaO4S. The summed E-state index contributed by atoms with van der Waals surface area (Å²) >= 11 is 0. The second-order valence-electron chi connectivity index (χ2n) is 4.84. The van der Waals surface area contributed by atoms with E-state index in [1.54, 1.807) is 0 Å². The number of halogens is 11. The summed E-state index contributed by atoms with van der Waals surface area (Å²) in [5, 5.41) is 0. The molecule has 0 fully saturated rings. The molecule has 0 saturated carbocycles.